The molecule has 4 amide bonds. The number of hydrogen-bond acceptors (Lipinski definition) is 5. The van der Waals surface area contributed by atoms with Crippen LogP contribution >= 0.6 is 0 Å². The van der Waals surface area contributed by atoms with Gasteiger partial charge in [-0.25, -0.2) is 14.6 Å². The summed E-state index contributed by atoms with van der Waals surface area (Å²) < 4.78 is 7.50. The Morgan fingerprint density at radius 3 is 2.60 bits per heavy atom. The van der Waals surface area contributed by atoms with E-state index in [0.717, 1.165) is 36.6 Å². The third-order valence-corrected chi connectivity index (χ3v) is 6.23. The fourth-order valence-electron chi connectivity index (χ4n) is 4.34. The van der Waals surface area contributed by atoms with Gasteiger partial charge in [0.15, 0.2) is 0 Å². The van der Waals surface area contributed by atoms with Crippen LogP contribution in [-0.4, -0.2) is 52.6 Å². The van der Waals surface area contributed by atoms with Gasteiger partial charge in [0, 0.05) is 50.4 Å². The van der Waals surface area contributed by atoms with Gasteiger partial charge < -0.3 is 20.7 Å². The van der Waals surface area contributed by atoms with E-state index in [1.165, 1.54) is 4.57 Å². The van der Waals surface area contributed by atoms with Gasteiger partial charge >= 0.3 is 12.1 Å². The SMILES string of the molecule is CNC(=O)n1ccc2cc(Oc3ccnc(NC(=O)N4CCC(CCCC(N)=O)CC4)c3)ccc21. The maximum atomic E-state index is 12.7. The van der Waals surface area contributed by atoms with Gasteiger partial charge in [0.05, 0.1) is 5.52 Å². The van der Waals surface area contributed by atoms with Crippen molar-refractivity contribution >= 4 is 34.7 Å². The Labute approximate surface area is 203 Å². The number of rotatable bonds is 7. The van der Waals surface area contributed by atoms with E-state index in [1.807, 2.05) is 18.2 Å². The highest BCUT2D eigenvalue weighted by molar-refractivity contribution is 5.92. The van der Waals surface area contributed by atoms with E-state index in [2.05, 4.69) is 15.6 Å². The molecule has 10 nitrogen and oxygen atoms in total. The molecule has 0 aliphatic carbocycles. The van der Waals surface area contributed by atoms with Gasteiger partial charge in [0.2, 0.25) is 5.91 Å². The predicted molar refractivity (Wildman–Crippen MR) is 132 cm³/mol. The first-order valence-electron chi connectivity index (χ1n) is 11.7. The lowest BCUT2D eigenvalue weighted by molar-refractivity contribution is -0.118. The molecule has 4 rings (SSSR count). The molecule has 1 aromatic carbocycles. The number of primary amides is 1. The lowest BCUT2D eigenvalue weighted by Gasteiger charge is -2.31. The molecule has 2 aromatic heterocycles. The predicted octanol–water partition coefficient (Wildman–Crippen LogP) is 3.92. The van der Waals surface area contributed by atoms with Crippen molar-refractivity contribution in [2.75, 3.05) is 25.5 Å². The number of nitrogens with one attached hydrogen (secondary N) is 2. The van der Waals surface area contributed by atoms with Crippen molar-refractivity contribution in [1.29, 1.82) is 0 Å². The number of ether oxygens (including phenoxy) is 1. The van der Waals surface area contributed by atoms with Crippen LogP contribution in [0.4, 0.5) is 15.4 Å². The number of anilines is 1. The van der Waals surface area contributed by atoms with Gasteiger partial charge in [-0.2, -0.15) is 0 Å². The summed E-state index contributed by atoms with van der Waals surface area (Å²) in [6, 6.07) is 10.3. The van der Waals surface area contributed by atoms with Crippen molar-refractivity contribution in [2.45, 2.75) is 32.1 Å². The number of amides is 4. The number of likely N-dealkylation sites (tertiary alicyclic amines) is 1. The Morgan fingerprint density at radius 1 is 1.09 bits per heavy atom. The number of hydrogen-bond donors (Lipinski definition) is 3. The van der Waals surface area contributed by atoms with E-state index >= 15 is 0 Å². The maximum absolute atomic E-state index is 12.7. The van der Waals surface area contributed by atoms with Crippen molar-refractivity contribution in [3.8, 4) is 11.5 Å². The molecule has 0 radical (unpaired) electrons. The zero-order chi connectivity index (χ0) is 24.8. The molecule has 0 saturated carbocycles. The quantitative estimate of drug-likeness (QED) is 0.474. The molecule has 1 aliphatic rings. The van der Waals surface area contributed by atoms with E-state index in [9.17, 15) is 14.4 Å². The summed E-state index contributed by atoms with van der Waals surface area (Å²) in [5.74, 6) is 1.80. The number of benzene rings is 1. The molecule has 4 N–H and O–H groups in total. The second-order valence-electron chi connectivity index (χ2n) is 8.66. The average molecular weight is 479 g/mol. The number of nitrogens with zero attached hydrogens (tertiary/aromatic N) is 3. The molecule has 0 spiro atoms. The smallest absolute Gasteiger partial charge is 0.325 e. The van der Waals surface area contributed by atoms with Crippen LogP contribution in [0.1, 0.15) is 32.1 Å². The summed E-state index contributed by atoms with van der Waals surface area (Å²) in [7, 11) is 1.59. The average Bonchev–Trinajstić information content (AvgIpc) is 3.27. The minimum atomic E-state index is -0.263. The Bertz CT molecular complexity index is 1220. The van der Waals surface area contributed by atoms with E-state index in [-0.39, 0.29) is 18.0 Å². The number of aromatic nitrogens is 2. The molecule has 1 fully saturated rings. The minimum absolute atomic E-state index is 0.192. The van der Waals surface area contributed by atoms with Crippen LogP contribution in [-0.2, 0) is 4.79 Å². The molecule has 1 saturated heterocycles. The normalized spacial score (nSPS) is 14.0. The molecule has 184 valence electrons. The Balaban J connectivity index is 1.32. The highest BCUT2D eigenvalue weighted by Crippen LogP contribution is 2.28. The van der Waals surface area contributed by atoms with Crippen LogP contribution in [0.25, 0.3) is 10.9 Å². The molecule has 10 heteroatoms. The lowest BCUT2D eigenvalue weighted by Crippen LogP contribution is -2.41. The molecule has 3 heterocycles. The van der Waals surface area contributed by atoms with Crippen molar-refractivity contribution < 1.29 is 19.1 Å². The number of nitrogens with two attached hydrogens (primary N) is 1. The van der Waals surface area contributed by atoms with Gasteiger partial charge in [-0.15, -0.1) is 0 Å². The molecular weight excluding hydrogens is 448 g/mol. The topological polar surface area (TPSA) is 132 Å². The van der Waals surface area contributed by atoms with Gasteiger partial charge in [-0.3, -0.25) is 14.7 Å². The van der Waals surface area contributed by atoms with Gasteiger partial charge in [0.1, 0.15) is 17.3 Å². The zero-order valence-corrected chi connectivity index (χ0v) is 19.7. The van der Waals surface area contributed by atoms with Gasteiger partial charge in [0.25, 0.3) is 0 Å². The summed E-state index contributed by atoms with van der Waals surface area (Å²) in [5.41, 5.74) is 5.98. The number of piperidine rings is 1. The van der Waals surface area contributed by atoms with E-state index in [1.54, 1.807) is 42.5 Å². The summed E-state index contributed by atoms with van der Waals surface area (Å²) >= 11 is 0. The van der Waals surface area contributed by atoms with Crippen LogP contribution < -0.4 is 21.1 Å². The lowest BCUT2D eigenvalue weighted by atomic mass is 9.91. The van der Waals surface area contributed by atoms with Crippen LogP contribution in [0.5, 0.6) is 11.5 Å². The number of urea groups is 1. The maximum Gasteiger partial charge on any atom is 0.325 e. The highest BCUT2D eigenvalue weighted by atomic mass is 16.5. The van der Waals surface area contributed by atoms with Gasteiger partial charge in [-0.05, 0) is 61.9 Å². The standard InChI is InChI=1S/C25H30N6O4/c1-27-24(33)31-14-10-18-15-19(5-6-21(18)31)35-20-7-11-28-23(16-20)29-25(34)30-12-8-17(9-13-30)3-2-4-22(26)32/h5-7,10-11,14-17H,2-4,8-9,12-13H2,1H3,(H2,26,32)(H,27,33)(H,28,29,34). The summed E-state index contributed by atoms with van der Waals surface area (Å²) in [6.45, 7) is 1.33. The second kappa shape index (κ2) is 10.9. The Hall–Kier alpha value is -4.08. The van der Waals surface area contributed by atoms with Crippen molar-refractivity contribution in [3.05, 3.63) is 48.8 Å². The summed E-state index contributed by atoms with van der Waals surface area (Å²) in [5, 5.41) is 6.32. The second-order valence-corrected chi connectivity index (χ2v) is 8.66. The summed E-state index contributed by atoms with van der Waals surface area (Å²) in [6.07, 6.45) is 7.28. The molecule has 3 aromatic rings. The van der Waals surface area contributed by atoms with Crippen LogP contribution in [0.3, 0.4) is 0 Å². The molecule has 35 heavy (non-hydrogen) atoms. The van der Waals surface area contributed by atoms with Crippen LogP contribution in [0.2, 0.25) is 0 Å². The monoisotopic (exact) mass is 478 g/mol. The summed E-state index contributed by atoms with van der Waals surface area (Å²) in [4.78, 5) is 41.6. The molecule has 0 unspecified atom stereocenters. The van der Waals surface area contributed by atoms with E-state index in [0.29, 0.717) is 42.7 Å². The Kier molecular flexibility index (Phi) is 7.49. The van der Waals surface area contributed by atoms with Crippen LogP contribution in [0.15, 0.2) is 48.8 Å². The zero-order valence-electron chi connectivity index (χ0n) is 19.7. The number of pyridine rings is 1. The Morgan fingerprint density at radius 2 is 1.86 bits per heavy atom. The molecule has 0 bridgehead atoms. The van der Waals surface area contributed by atoms with E-state index < -0.39 is 0 Å². The third kappa shape index (κ3) is 6.08. The number of carbonyl (C=O) groups excluding carboxylic acids is 3. The first-order chi connectivity index (χ1) is 16.9. The fourth-order valence-corrected chi connectivity index (χ4v) is 4.34. The number of fused-ring (bicyclic) bond motifs is 1. The third-order valence-electron chi connectivity index (χ3n) is 6.23. The van der Waals surface area contributed by atoms with Crippen molar-refractivity contribution in [1.82, 2.24) is 19.8 Å². The molecule has 1 aliphatic heterocycles. The largest absolute Gasteiger partial charge is 0.457 e. The van der Waals surface area contributed by atoms with Gasteiger partial charge in [-0.1, -0.05) is 0 Å². The first-order valence-corrected chi connectivity index (χ1v) is 11.7. The van der Waals surface area contributed by atoms with Crippen molar-refractivity contribution in [2.24, 2.45) is 11.7 Å². The van der Waals surface area contributed by atoms with Crippen LogP contribution in [0, 0.1) is 5.92 Å². The van der Waals surface area contributed by atoms with Crippen molar-refractivity contribution in [3.63, 3.8) is 0 Å². The molecule has 0 atom stereocenters. The molecular formula is C25H30N6O4. The minimum Gasteiger partial charge on any atom is -0.457 e. The van der Waals surface area contributed by atoms with E-state index in [4.69, 9.17) is 10.5 Å². The highest BCUT2D eigenvalue weighted by Gasteiger charge is 2.23. The number of carbonyl (C=O) groups is 3. The first kappa shape index (κ1) is 24.1. The fraction of sp³-hybridized carbons (Fsp3) is 0.360.